The van der Waals surface area contributed by atoms with Crippen molar-refractivity contribution < 1.29 is 8.42 Å². The van der Waals surface area contributed by atoms with E-state index in [-0.39, 0.29) is 0 Å². The minimum Gasteiger partial charge on any atom is -0.357 e. The quantitative estimate of drug-likeness (QED) is 0.405. The number of benzene rings is 1. The molecule has 0 spiro atoms. The van der Waals surface area contributed by atoms with Gasteiger partial charge in [-0.25, -0.2) is 17.7 Å². The molecule has 0 fully saturated rings. The first-order chi connectivity index (χ1) is 12.9. The van der Waals surface area contributed by atoms with Crippen molar-refractivity contribution in [3.63, 3.8) is 0 Å². The molecule has 0 aliphatic heterocycles. The van der Waals surface area contributed by atoms with E-state index in [9.17, 15) is 8.42 Å². The van der Waals surface area contributed by atoms with Gasteiger partial charge in [-0.15, -0.1) is 0 Å². The van der Waals surface area contributed by atoms with Crippen LogP contribution in [-0.4, -0.2) is 45.9 Å². The average molecular weight is 393 g/mol. The molecule has 0 radical (unpaired) electrons. The predicted octanol–water partition coefficient (Wildman–Crippen LogP) is 2.88. The predicted molar refractivity (Wildman–Crippen MR) is 111 cm³/mol. The van der Waals surface area contributed by atoms with Crippen LogP contribution < -0.4 is 10.6 Å². The minimum absolute atomic E-state index is 0.297. The van der Waals surface area contributed by atoms with Crippen LogP contribution in [0.3, 0.4) is 0 Å². The van der Waals surface area contributed by atoms with Crippen molar-refractivity contribution in [1.82, 2.24) is 14.9 Å². The van der Waals surface area contributed by atoms with Gasteiger partial charge in [0, 0.05) is 27.2 Å². The zero-order chi connectivity index (χ0) is 19.7. The second-order valence-electron chi connectivity index (χ2n) is 6.91. The molecule has 1 aliphatic rings. The lowest BCUT2D eigenvalue weighted by molar-refractivity contribution is 0.520. The first-order valence-electron chi connectivity index (χ1n) is 9.65. The molecule has 1 aromatic rings. The monoisotopic (exact) mass is 392 g/mol. The molecule has 0 unspecified atom stereocenters. The average Bonchev–Trinajstić information content (AvgIpc) is 2.67. The van der Waals surface area contributed by atoms with Crippen LogP contribution in [0.1, 0.15) is 44.6 Å². The number of guanidine groups is 1. The number of hydrogen-bond acceptors (Lipinski definition) is 3. The van der Waals surface area contributed by atoms with Gasteiger partial charge in [0.25, 0.3) is 0 Å². The molecule has 150 valence electrons. The highest BCUT2D eigenvalue weighted by atomic mass is 32.2. The van der Waals surface area contributed by atoms with Crippen LogP contribution in [0.5, 0.6) is 0 Å². The maximum Gasteiger partial charge on any atom is 0.242 e. The number of nitrogens with zero attached hydrogens (tertiary/aromatic N) is 2. The summed E-state index contributed by atoms with van der Waals surface area (Å²) in [5, 5.41) is 6.64. The number of hydrogen-bond donors (Lipinski definition) is 2. The third-order valence-electron chi connectivity index (χ3n) is 4.59. The Morgan fingerprint density at radius 2 is 1.89 bits per heavy atom. The number of rotatable bonds is 8. The minimum atomic E-state index is -3.39. The van der Waals surface area contributed by atoms with E-state index in [4.69, 9.17) is 0 Å². The molecular weight excluding hydrogens is 360 g/mol. The van der Waals surface area contributed by atoms with E-state index < -0.39 is 10.0 Å². The Morgan fingerprint density at radius 3 is 2.48 bits per heavy atom. The van der Waals surface area contributed by atoms with E-state index in [1.807, 2.05) is 19.1 Å². The van der Waals surface area contributed by atoms with E-state index in [0.29, 0.717) is 11.4 Å². The summed E-state index contributed by atoms with van der Waals surface area (Å²) in [6.45, 7) is 4.22. The van der Waals surface area contributed by atoms with Crippen molar-refractivity contribution in [1.29, 1.82) is 0 Å². The molecular formula is C20H32N4O2S. The molecule has 0 heterocycles. The molecule has 6 nitrogen and oxygen atoms in total. The van der Waals surface area contributed by atoms with E-state index in [2.05, 4.69) is 21.7 Å². The standard InChI is InChI=1S/C20H32N4O2S/c1-4-21-20(22-15-14-17-8-6-5-7-9-17)23-16-18-10-12-19(13-11-18)27(25,26)24(2)3/h8,10-13H,4-7,9,14-16H2,1-3H3,(H2,21,22,23). The summed E-state index contributed by atoms with van der Waals surface area (Å²) in [4.78, 5) is 4.91. The van der Waals surface area contributed by atoms with Crippen molar-refractivity contribution >= 4 is 16.0 Å². The zero-order valence-electron chi connectivity index (χ0n) is 16.7. The molecule has 1 aromatic carbocycles. The van der Waals surface area contributed by atoms with Crippen LogP contribution in [0.15, 0.2) is 45.8 Å². The molecule has 0 atom stereocenters. The summed E-state index contributed by atoms with van der Waals surface area (Å²) in [7, 11) is -0.323. The van der Waals surface area contributed by atoms with Gasteiger partial charge in [0.05, 0.1) is 11.4 Å². The largest absolute Gasteiger partial charge is 0.357 e. The molecule has 0 saturated heterocycles. The second kappa shape index (κ2) is 10.5. The Bertz CT molecular complexity index is 753. The van der Waals surface area contributed by atoms with Gasteiger partial charge >= 0.3 is 0 Å². The summed E-state index contributed by atoms with van der Waals surface area (Å²) in [5.74, 6) is 0.791. The van der Waals surface area contributed by atoms with Crippen LogP contribution in [0.4, 0.5) is 0 Å². The fourth-order valence-electron chi connectivity index (χ4n) is 2.96. The molecule has 2 rings (SSSR count). The van der Waals surface area contributed by atoms with Gasteiger partial charge < -0.3 is 10.6 Å². The number of aliphatic imine (C=N–C) groups is 1. The molecule has 2 N–H and O–H groups in total. The SMILES string of the molecule is CCNC(=NCc1ccc(S(=O)(=O)N(C)C)cc1)NCCC1=CCCCC1. The van der Waals surface area contributed by atoms with Gasteiger partial charge in [-0.3, -0.25) is 0 Å². The fraction of sp³-hybridized carbons (Fsp3) is 0.550. The summed E-state index contributed by atoms with van der Waals surface area (Å²) >= 11 is 0. The highest BCUT2D eigenvalue weighted by molar-refractivity contribution is 7.89. The van der Waals surface area contributed by atoms with Gasteiger partial charge in [0.2, 0.25) is 10.0 Å². The molecule has 0 bridgehead atoms. The van der Waals surface area contributed by atoms with E-state index in [1.165, 1.54) is 44.1 Å². The summed E-state index contributed by atoms with van der Waals surface area (Å²) in [5.41, 5.74) is 2.52. The Hall–Kier alpha value is -1.86. The van der Waals surface area contributed by atoms with E-state index in [0.717, 1.165) is 31.0 Å². The lowest BCUT2D eigenvalue weighted by Crippen LogP contribution is -2.37. The van der Waals surface area contributed by atoms with Crippen molar-refractivity contribution in [3.8, 4) is 0 Å². The zero-order valence-corrected chi connectivity index (χ0v) is 17.5. The summed E-state index contributed by atoms with van der Waals surface area (Å²) in [6, 6.07) is 6.90. The van der Waals surface area contributed by atoms with Crippen LogP contribution in [0.2, 0.25) is 0 Å². The van der Waals surface area contributed by atoms with E-state index >= 15 is 0 Å². The van der Waals surface area contributed by atoms with Gasteiger partial charge in [-0.2, -0.15) is 0 Å². The normalized spacial score (nSPS) is 15.6. The lowest BCUT2D eigenvalue weighted by Gasteiger charge is -2.15. The third kappa shape index (κ3) is 6.66. The molecule has 0 amide bonds. The maximum atomic E-state index is 12.1. The third-order valence-corrected chi connectivity index (χ3v) is 6.42. The van der Waals surface area contributed by atoms with Gasteiger partial charge in [-0.05, 0) is 56.7 Å². The highest BCUT2D eigenvalue weighted by Crippen LogP contribution is 2.19. The van der Waals surface area contributed by atoms with Crippen molar-refractivity contribution in [2.45, 2.75) is 50.5 Å². The topological polar surface area (TPSA) is 73.8 Å². The van der Waals surface area contributed by atoms with E-state index in [1.54, 1.807) is 17.7 Å². The number of allylic oxidation sites excluding steroid dienone is 1. The Kier molecular flexibility index (Phi) is 8.31. The molecule has 27 heavy (non-hydrogen) atoms. The van der Waals surface area contributed by atoms with Crippen molar-refractivity contribution in [3.05, 3.63) is 41.5 Å². The van der Waals surface area contributed by atoms with Gasteiger partial charge in [-0.1, -0.05) is 23.8 Å². The Morgan fingerprint density at radius 1 is 1.15 bits per heavy atom. The van der Waals surface area contributed by atoms with Crippen LogP contribution in [0.25, 0.3) is 0 Å². The molecule has 7 heteroatoms. The van der Waals surface area contributed by atoms with Gasteiger partial charge in [0.15, 0.2) is 5.96 Å². The maximum absolute atomic E-state index is 12.1. The Labute approximate surface area is 163 Å². The first kappa shape index (κ1) is 21.4. The Balaban J connectivity index is 1.92. The fourth-order valence-corrected chi connectivity index (χ4v) is 3.86. The molecule has 1 aliphatic carbocycles. The van der Waals surface area contributed by atoms with Gasteiger partial charge in [0.1, 0.15) is 0 Å². The second-order valence-corrected chi connectivity index (χ2v) is 9.06. The lowest BCUT2D eigenvalue weighted by atomic mass is 9.97. The first-order valence-corrected chi connectivity index (χ1v) is 11.1. The van der Waals surface area contributed by atoms with Crippen LogP contribution in [0, 0.1) is 0 Å². The highest BCUT2D eigenvalue weighted by Gasteiger charge is 2.16. The smallest absolute Gasteiger partial charge is 0.242 e. The van der Waals surface area contributed by atoms with Crippen LogP contribution >= 0.6 is 0 Å². The van der Waals surface area contributed by atoms with Crippen molar-refractivity contribution in [2.24, 2.45) is 4.99 Å². The van der Waals surface area contributed by atoms with Crippen molar-refractivity contribution in [2.75, 3.05) is 27.2 Å². The summed E-state index contributed by atoms with van der Waals surface area (Å²) in [6.07, 6.45) is 8.48. The number of sulfonamides is 1. The van der Waals surface area contributed by atoms with Crippen LogP contribution in [-0.2, 0) is 16.6 Å². The molecule has 0 saturated carbocycles. The number of nitrogens with one attached hydrogen (secondary N) is 2. The summed E-state index contributed by atoms with van der Waals surface area (Å²) < 4.78 is 25.5. The molecule has 0 aromatic heterocycles.